The molecule has 3 N–H and O–H groups in total. The highest BCUT2D eigenvalue weighted by Crippen LogP contribution is 2.25. The van der Waals surface area contributed by atoms with Gasteiger partial charge < -0.3 is 11.1 Å². The van der Waals surface area contributed by atoms with Crippen molar-refractivity contribution in [3.8, 4) is 0 Å². The lowest BCUT2D eigenvalue weighted by atomic mass is 10.2. The van der Waals surface area contributed by atoms with Gasteiger partial charge >= 0.3 is 0 Å². The predicted molar refractivity (Wildman–Crippen MR) is 72.5 cm³/mol. The zero-order valence-electron chi connectivity index (χ0n) is 10.4. The zero-order valence-corrected chi connectivity index (χ0v) is 10.4. The minimum atomic E-state index is 0.554. The number of rotatable bonds is 3. The van der Waals surface area contributed by atoms with Crippen molar-refractivity contribution in [2.75, 3.05) is 11.1 Å². The smallest absolute Gasteiger partial charge is 0.160 e. The number of nitrogens with one attached hydrogen (secondary N) is 1. The molecule has 0 aliphatic carbocycles. The number of nitrogens with two attached hydrogens (primary N) is 1. The first-order chi connectivity index (χ1) is 9.24. The van der Waals surface area contributed by atoms with Crippen LogP contribution in [0.3, 0.4) is 0 Å². The van der Waals surface area contributed by atoms with E-state index >= 15 is 0 Å². The molecule has 0 saturated heterocycles. The first-order valence-corrected chi connectivity index (χ1v) is 5.90. The van der Waals surface area contributed by atoms with Crippen LogP contribution in [0.1, 0.15) is 11.3 Å². The third kappa shape index (κ3) is 2.20. The molecule has 0 atom stereocenters. The second kappa shape index (κ2) is 4.56. The first kappa shape index (κ1) is 11.5. The van der Waals surface area contributed by atoms with Gasteiger partial charge in [0.15, 0.2) is 11.0 Å². The number of hydrogen-bond acceptors (Lipinski definition) is 6. The molecule has 3 rings (SSSR count). The third-order valence-corrected chi connectivity index (χ3v) is 2.90. The lowest BCUT2D eigenvalue weighted by Gasteiger charge is -2.07. The first-order valence-electron chi connectivity index (χ1n) is 5.90. The van der Waals surface area contributed by atoms with Gasteiger partial charge in [-0.2, -0.15) is 0 Å². The number of nitrogen functional groups attached to an aromatic ring is 1. The minimum Gasteiger partial charge on any atom is -0.397 e. The largest absolute Gasteiger partial charge is 0.397 e. The van der Waals surface area contributed by atoms with Gasteiger partial charge in [0.25, 0.3) is 0 Å². The summed E-state index contributed by atoms with van der Waals surface area (Å²) in [6.07, 6.45) is 1.85. The fourth-order valence-electron chi connectivity index (χ4n) is 1.83. The zero-order chi connectivity index (χ0) is 13.2. The summed E-state index contributed by atoms with van der Waals surface area (Å²) in [4.78, 5) is 4.25. The number of pyridine rings is 1. The number of benzene rings is 1. The van der Waals surface area contributed by atoms with Crippen LogP contribution in [0.25, 0.3) is 11.0 Å². The maximum atomic E-state index is 5.79. The summed E-state index contributed by atoms with van der Waals surface area (Å²) in [5.74, 6) is 0. The Kier molecular flexibility index (Phi) is 2.75. The quantitative estimate of drug-likeness (QED) is 0.697. The van der Waals surface area contributed by atoms with Gasteiger partial charge in [-0.25, -0.2) is 4.63 Å². The van der Waals surface area contributed by atoms with Crippen molar-refractivity contribution >= 4 is 22.4 Å². The van der Waals surface area contributed by atoms with E-state index in [1.165, 1.54) is 0 Å². The molecule has 0 fully saturated rings. The van der Waals surface area contributed by atoms with Gasteiger partial charge in [-0.05, 0) is 41.0 Å². The van der Waals surface area contributed by atoms with Crippen molar-refractivity contribution in [3.05, 3.63) is 41.7 Å². The molecule has 19 heavy (non-hydrogen) atoms. The number of aryl methyl sites for hydroxylation is 1. The maximum absolute atomic E-state index is 5.79. The van der Waals surface area contributed by atoms with Crippen molar-refractivity contribution in [1.29, 1.82) is 0 Å². The van der Waals surface area contributed by atoms with E-state index in [1.807, 2.05) is 31.3 Å². The van der Waals surface area contributed by atoms with Crippen LogP contribution in [0.5, 0.6) is 0 Å². The van der Waals surface area contributed by atoms with Crippen LogP contribution in [0.15, 0.2) is 35.1 Å². The molecule has 0 saturated carbocycles. The predicted octanol–water partition coefficient (Wildman–Crippen LogP) is 2.12. The third-order valence-electron chi connectivity index (χ3n) is 2.90. The Morgan fingerprint density at radius 3 is 2.79 bits per heavy atom. The number of aromatic nitrogens is 3. The summed E-state index contributed by atoms with van der Waals surface area (Å²) < 4.78 is 4.72. The van der Waals surface area contributed by atoms with Gasteiger partial charge in [0, 0.05) is 18.4 Å². The Morgan fingerprint density at radius 1 is 1.16 bits per heavy atom. The van der Waals surface area contributed by atoms with Gasteiger partial charge in [-0.15, -0.1) is 0 Å². The normalized spacial score (nSPS) is 10.8. The second-order valence-electron chi connectivity index (χ2n) is 4.33. The van der Waals surface area contributed by atoms with Crippen LogP contribution in [0.4, 0.5) is 11.4 Å². The van der Waals surface area contributed by atoms with Crippen molar-refractivity contribution in [2.45, 2.75) is 13.5 Å². The standard InChI is InChI=1S/C13H13N5O/c1-8-2-3-9(6-15-8)7-16-11-5-4-10(14)12-13(11)18-19-17-12/h2-6,16H,7,14H2,1H3. The van der Waals surface area contributed by atoms with E-state index in [0.29, 0.717) is 23.3 Å². The van der Waals surface area contributed by atoms with E-state index in [0.717, 1.165) is 16.9 Å². The molecule has 1 aromatic carbocycles. The van der Waals surface area contributed by atoms with E-state index in [4.69, 9.17) is 10.4 Å². The molecule has 96 valence electrons. The highest BCUT2D eigenvalue weighted by atomic mass is 16.6. The lowest BCUT2D eigenvalue weighted by molar-refractivity contribution is 0.316. The summed E-state index contributed by atoms with van der Waals surface area (Å²) in [6, 6.07) is 7.66. The van der Waals surface area contributed by atoms with E-state index in [1.54, 1.807) is 6.07 Å². The second-order valence-corrected chi connectivity index (χ2v) is 4.33. The topological polar surface area (TPSA) is 89.9 Å². The van der Waals surface area contributed by atoms with Crippen LogP contribution in [-0.4, -0.2) is 15.3 Å². The maximum Gasteiger partial charge on any atom is 0.160 e. The number of nitrogens with zero attached hydrogens (tertiary/aromatic N) is 3. The Labute approximate surface area is 109 Å². The molecule has 2 heterocycles. The molecular formula is C13H13N5O. The number of hydrogen-bond donors (Lipinski definition) is 2. The highest BCUT2D eigenvalue weighted by molar-refractivity contribution is 5.94. The van der Waals surface area contributed by atoms with E-state index in [9.17, 15) is 0 Å². The van der Waals surface area contributed by atoms with Crippen LogP contribution in [-0.2, 0) is 6.54 Å². The summed E-state index contributed by atoms with van der Waals surface area (Å²) in [7, 11) is 0. The van der Waals surface area contributed by atoms with Gasteiger partial charge in [0.2, 0.25) is 0 Å². The summed E-state index contributed by atoms with van der Waals surface area (Å²) in [6.45, 7) is 2.61. The van der Waals surface area contributed by atoms with Crippen LogP contribution >= 0.6 is 0 Å². The van der Waals surface area contributed by atoms with Crippen LogP contribution in [0.2, 0.25) is 0 Å². The molecular weight excluding hydrogens is 242 g/mol. The molecule has 3 aromatic rings. The molecule has 0 radical (unpaired) electrons. The Bertz CT molecular complexity index is 705. The molecule has 0 bridgehead atoms. The molecule has 0 aliphatic heterocycles. The van der Waals surface area contributed by atoms with Gasteiger partial charge in [-0.3, -0.25) is 4.98 Å². The minimum absolute atomic E-state index is 0.554. The van der Waals surface area contributed by atoms with Gasteiger partial charge in [0.1, 0.15) is 0 Å². The van der Waals surface area contributed by atoms with Gasteiger partial charge in [0.05, 0.1) is 11.4 Å². The molecule has 2 aromatic heterocycles. The van der Waals surface area contributed by atoms with Crippen LogP contribution in [0, 0.1) is 6.92 Å². The average Bonchev–Trinajstić information content (AvgIpc) is 2.90. The molecule has 0 aliphatic rings. The Morgan fingerprint density at radius 2 is 2.00 bits per heavy atom. The number of anilines is 2. The van der Waals surface area contributed by atoms with E-state index in [-0.39, 0.29) is 0 Å². The molecule has 0 spiro atoms. The van der Waals surface area contributed by atoms with E-state index < -0.39 is 0 Å². The fourth-order valence-corrected chi connectivity index (χ4v) is 1.83. The lowest BCUT2D eigenvalue weighted by Crippen LogP contribution is -2.01. The summed E-state index contributed by atoms with van der Waals surface area (Å²) in [5.41, 5.74) is 10.5. The molecule has 6 heteroatoms. The Balaban J connectivity index is 1.84. The van der Waals surface area contributed by atoms with Crippen LogP contribution < -0.4 is 11.1 Å². The van der Waals surface area contributed by atoms with Crippen molar-refractivity contribution < 1.29 is 4.63 Å². The summed E-state index contributed by atoms with van der Waals surface area (Å²) >= 11 is 0. The highest BCUT2D eigenvalue weighted by Gasteiger charge is 2.09. The SMILES string of the molecule is Cc1ccc(CNc2ccc(N)c3nonc23)cn1. The van der Waals surface area contributed by atoms with E-state index in [2.05, 4.69) is 20.6 Å². The molecule has 6 nitrogen and oxygen atoms in total. The summed E-state index contributed by atoms with van der Waals surface area (Å²) in [5, 5.41) is 10.9. The van der Waals surface area contributed by atoms with Crippen molar-refractivity contribution in [2.24, 2.45) is 0 Å². The van der Waals surface area contributed by atoms with Crippen molar-refractivity contribution in [3.63, 3.8) is 0 Å². The molecule has 0 amide bonds. The van der Waals surface area contributed by atoms with Gasteiger partial charge in [-0.1, -0.05) is 6.07 Å². The Hall–Kier alpha value is -2.63. The fraction of sp³-hybridized carbons (Fsp3) is 0.154. The van der Waals surface area contributed by atoms with Crippen molar-refractivity contribution in [1.82, 2.24) is 15.3 Å². The monoisotopic (exact) mass is 255 g/mol. The molecule has 0 unspecified atom stereocenters. The average molecular weight is 255 g/mol. The number of fused-ring (bicyclic) bond motifs is 1.